The molecule has 0 aliphatic carbocycles. The third kappa shape index (κ3) is 6.76. The highest BCUT2D eigenvalue weighted by molar-refractivity contribution is 7.18. The second kappa shape index (κ2) is 10.5. The summed E-state index contributed by atoms with van der Waals surface area (Å²) in [6.45, 7) is 7.14. The topological polar surface area (TPSA) is 67.3 Å². The smallest absolute Gasteiger partial charge is 0.410 e. The molecule has 4 rings (SSSR count). The van der Waals surface area contributed by atoms with Crippen molar-refractivity contribution in [1.82, 2.24) is 14.9 Å². The Morgan fingerprint density at radius 1 is 1.18 bits per heavy atom. The molecular weight excluding hydrogens is 451 g/mol. The number of nitrogens with zero attached hydrogens (tertiary/aromatic N) is 3. The van der Waals surface area contributed by atoms with Crippen LogP contribution in [0, 0.1) is 11.7 Å². The number of rotatable bonds is 5. The molecule has 0 radical (unpaired) electrons. The van der Waals surface area contributed by atoms with Gasteiger partial charge in [0.2, 0.25) is 0 Å². The van der Waals surface area contributed by atoms with Crippen LogP contribution in [-0.4, -0.2) is 39.7 Å². The average Bonchev–Trinajstić information content (AvgIpc) is 3.10. The van der Waals surface area contributed by atoms with Crippen LogP contribution in [0.4, 0.5) is 20.1 Å². The van der Waals surface area contributed by atoms with E-state index in [4.69, 9.17) is 9.72 Å². The summed E-state index contributed by atoms with van der Waals surface area (Å²) < 4.78 is 18.7. The van der Waals surface area contributed by atoms with E-state index in [1.54, 1.807) is 18.3 Å². The zero-order valence-corrected chi connectivity index (χ0v) is 20.7. The second-order valence-corrected chi connectivity index (χ2v) is 10.7. The second-order valence-electron chi connectivity index (χ2n) is 9.64. The SMILES string of the molecule is CC(C)(C)OC(=O)N1CCCC(Cc2cccc(Nc3ncc(-c4ccc(F)cc4)s3)n2)CC1. The highest BCUT2D eigenvalue weighted by Crippen LogP contribution is 2.30. The van der Waals surface area contributed by atoms with Crippen molar-refractivity contribution in [2.24, 2.45) is 5.92 Å². The molecule has 1 unspecified atom stereocenters. The Hall–Kier alpha value is -3.00. The summed E-state index contributed by atoms with van der Waals surface area (Å²) in [7, 11) is 0. The number of anilines is 2. The van der Waals surface area contributed by atoms with Crippen molar-refractivity contribution >= 4 is 28.4 Å². The van der Waals surface area contributed by atoms with Crippen molar-refractivity contribution in [3.8, 4) is 10.4 Å². The molecule has 0 saturated carbocycles. The molecule has 0 spiro atoms. The molecule has 1 amide bonds. The summed E-state index contributed by atoms with van der Waals surface area (Å²) in [4.78, 5) is 24.4. The fourth-order valence-corrected chi connectivity index (χ4v) is 4.85. The van der Waals surface area contributed by atoms with Crippen LogP contribution in [-0.2, 0) is 11.2 Å². The number of nitrogens with one attached hydrogen (secondary N) is 1. The van der Waals surface area contributed by atoms with Crippen molar-refractivity contribution in [3.05, 3.63) is 60.2 Å². The first-order valence-electron chi connectivity index (χ1n) is 11.7. The van der Waals surface area contributed by atoms with Gasteiger partial charge in [-0.05, 0) is 82.2 Å². The van der Waals surface area contributed by atoms with Gasteiger partial charge in [0.1, 0.15) is 17.2 Å². The van der Waals surface area contributed by atoms with Crippen molar-refractivity contribution in [2.45, 2.75) is 52.1 Å². The summed E-state index contributed by atoms with van der Waals surface area (Å²) in [5.41, 5.74) is 1.48. The van der Waals surface area contributed by atoms with E-state index in [0.29, 0.717) is 12.5 Å². The molecule has 3 heterocycles. The van der Waals surface area contributed by atoms with Crippen molar-refractivity contribution in [1.29, 1.82) is 0 Å². The molecule has 1 atom stereocenters. The lowest BCUT2D eigenvalue weighted by Gasteiger charge is -2.26. The molecule has 1 aromatic carbocycles. The number of thiazole rings is 1. The third-order valence-electron chi connectivity index (χ3n) is 5.67. The Morgan fingerprint density at radius 2 is 1.97 bits per heavy atom. The van der Waals surface area contributed by atoms with E-state index in [-0.39, 0.29) is 11.9 Å². The molecule has 8 heteroatoms. The van der Waals surface area contributed by atoms with Crippen molar-refractivity contribution < 1.29 is 13.9 Å². The zero-order chi connectivity index (χ0) is 24.1. The number of hydrogen-bond acceptors (Lipinski definition) is 6. The summed E-state index contributed by atoms with van der Waals surface area (Å²) in [6, 6.07) is 12.4. The van der Waals surface area contributed by atoms with E-state index in [1.165, 1.54) is 23.5 Å². The maximum Gasteiger partial charge on any atom is 0.410 e. The molecular formula is C26H31FN4O2S. The van der Waals surface area contributed by atoms with Gasteiger partial charge in [-0.1, -0.05) is 29.5 Å². The van der Waals surface area contributed by atoms with Gasteiger partial charge in [0.25, 0.3) is 0 Å². The minimum absolute atomic E-state index is 0.221. The van der Waals surface area contributed by atoms with Crippen LogP contribution in [0.25, 0.3) is 10.4 Å². The van der Waals surface area contributed by atoms with E-state index in [9.17, 15) is 9.18 Å². The molecule has 1 N–H and O–H groups in total. The van der Waals surface area contributed by atoms with Gasteiger partial charge in [-0.3, -0.25) is 0 Å². The Kier molecular flexibility index (Phi) is 7.46. The average molecular weight is 483 g/mol. The summed E-state index contributed by atoms with van der Waals surface area (Å²) >= 11 is 1.50. The van der Waals surface area contributed by atoms with Gasteiger partial charge < -0.3 is 15.0 Å². The fourth-order valence-electron chi connectivity index (χ4n) is 4.03. The largest absolute Gasteiger partial charge is 0.444 e. The Balaban J connectivity index is 1.34. The lowest BCUT2D eigenvalue weighted by Crippen LogP contribution is -2.37. The van der Waals surface area contributed by atoms with Crippen molar-refractivity contribution in [3.63, 3.8) is 0 Å². The minimum atomic E-state index is -0.475. The van der Waals surface area contributed by atoms with E-state index in [2.05, 4.69) is 10.3 Å². The van der Waals surface area contributed by atoms with Crippen LogP contribution in [0.15, 0.2) is 48.7 Å². The lowest BCUT2D eigenvalue weighted by atomic mass is 9.95. The van der Waals surface area contributed by atoms with Gasteiger partial charge in [0.15, 0.2) is 5.13 Å². The molecule has 180 valence electrons. The summed E-state index contributed by atoms with van der Waals surface area (Å²) in [5, 5.41) is 4.03. The Labute approximate surface area is 204 Å². The summed E-state index contributed by atoms with van der Waals surface area (Å²) in [6.07, 6.45) is 5.40. The first-order chi connectivity index (χ1) is 16.2. The van der Waals surface area contributed by atoms with Crippen LogP contribution in [0.1, 0.15) is 45.7 Å². The van der Waals surface area contributed by atoms with E-state index in [1.807, 2.05) is 43.9 Å². The molecule has 6 nitrogen and oxygen atoms in total. The lowest BCUT2D eigenvalue weighted by molar-refractivity contribution is 0.0255. The number of likely N-dealkylation sites (tertiary alicyclic amines) is 1. The van der Waals surface area contributed by atoms with Gasteiger partial charge in [-0.2, -0.15) is 0 Å². The number of pyridine rings is 1. The van der Waals surface area contributed by atoms with Crippen LogP contribution >= 0.6 is 11.3 Å². The monoisotopic (exact) mass is 482 g/mol. The molecule has 1 fully saturated rings. The molecule has 1 saturated heterocycles. The maximum atomic E-state index is 13.2. The normalized spacial score (nSPS) is 16.7. The number of carbonyl (C=O) groups excluding carboxylic acids is 1. The molecule has 2 aromatic heterocycles. The Bertz CT molecular complexity index is 1110. The molecule has 1 aliphatic heterocycles. The van der Waals surface area contributed by atoms with Gasteiger partial charge in [-0.15, -0.1) is 0 Å². The zero-order valence-electron chi connectivity index (χ0n) is 19.9. The van der Waals surface area contributed by atoms with E-state index < -0.39 is 5.60 Å². The minimum Gasteiger partial charge on any atom is -0.444 e. The van der Waals surface area contributed by atoms with Gasteiger partial charge in [0.05, 0.1) is 4.88 Å². The van der Waals surface area contributed by atoms with Crippen molar-refractivity contribution in [2.75, 3.05) is 18.4 Å². The van der Waals surface area contributed by atoms with Crippen LogP contribution in [0.3, 0.4) is 0 Å². The number of aromatic nitrogens is 2. The molecule has 1 aliphatic rings. The maximum absolute atomic E-state index is 13.2. The van der Waals surface area contributed by atoms with E-state index in [0.717, 1.165) is 59.3 Å². The number of amides is 1. The quantitative estimate of drug-likeness (QED) is 0.440. The Morgan fingerprint density at radius 3 is 2.74 bits per heavy atom. The molecule has 34 heavy (non-hydrogen) atoms. The van der Waals surface area contributed by atoms with Crippen LogP contribution in [0.2, 0.25) is 0 Å². The van der Waals surface area contributed by atoms with E-state index >= 15 is 0 Å². The fraction of sp³-hybridized carbons (Fsp3) is 0.423. The number of carbonyl (C=O) groups is 1. The van der Waals surface area contributed by atoms with Gasteiger partial charge in [-0.25, -0.2) is 19.2 Å². The predicted molar refractivity (Wildman–Crippen MR) is 134 cm³/mol. The number of hydrogen-bond donors (Lipinski definition) is 1. The highest BCUT2D eigenvalue weighted by atomic mass is 32.1. The molecule has 0 bridgehead atoms. The first-order valence-corrected chi connectivity index (χ1v) is 12.5. The molecule has 3 aromatic rings. The van der Waals surface area contributed by atoms with Crippen LogP contribution < -0.4 is 5.32 Å². The number of benzene rings is 1. The standard InChI is InChI=1S/C26H31FN4O2S/c1-26(2,3)33-25(32)31-14-5-6-18(13-15-31)16-21-7-4-8-23(29-21)30-24-28-17-22(34-24)19-9-11-20(27)12-10-19/h4,7-12,17-18H,5-6,13-16H2,1-3H3,(H,28,29,30). The predicted octanol–water partition coefficient (Wildman–Crippen LogP) is 6.67. The van der Waals surface area contributed by atoms with Gasteiger partial charge in [0, 0.05) is 25.0 Å². The van der Waals surface area contributed by atoms with Gasteiger partial charge >= 0.3 is 6.09 Å². The van der Waals surface area contributed by atoms with Crippen LogP contribution in [0.5, 0.6) is 0 Å². The first kappa shape index (κ1) is 24.1. The highest BCUT2D eigenvalue weighted by Gasteiger charge is 2.25. The number of halogens is 1. The summed E-state index contributed by atoms with van der Waals surface area (Å²) in [5.74, 6) is 0.973. The third-order valence-corrected chi connectivity index (χ3v) is 6.64. The number of ether oxygens (including phenoxy) is 1.